The molecule has 1 unspecified atom stereocenters. The summed E-state index contributed by atoms with van der Waals surface area (Å²) in [6.07, 6.45) is 0. The highest BCUT2D eigenvalue weighted by molar-refractivity contribution is 6.52. The van der Waals surface area contributed by atoms with Crippen molar-refractivity contribution in [1.82, 2.24) is 4.90 Å². The number of nitrogens with zero attached hydrogens (tertiary/aromatic N) is 1. The summed E-state index contributed by atoms with van der Waals surface area (Å²) in [5.74, 6) is -0.207. The van der Waals surface area contributed by atoms with E-state index in [0.29, 0.717) is 26.3 Å². The maximum absolute atomic E-state index is 12.4. The van der Waals surface area contributed by atoms with Gasteiger partial charge in [0, 0.05) is 13.1 Å². The maximum Gasteiger partial charge on any atom is 0.470 e. The minimum atomic E-state index is -0.472. The van der Waals surface area contributed by atoms with Crippen LogP contribution in [0, 0.1) is 0 Å². The van der Waals surface area contributed by atoms with E-state index in [-0.39, 0.29) is 11.7 Å². The molecule has 2 aliphatic heterocycles. The Bertz CT molecular complexity index is 337. The molecule has 6 heteroatoms. The van der Waals surface area contributed by atoms with E-state index in [4.69, 9.17) is 14.0 Å². The molecular weight excluding hydrogens is 245 g/mol. The molecule has 0 aromatic rings. The summed E-state index contributed by atoms with van der Waals surface area (Å²) < 4.78 is 17.1. The third-order valence-electron chi connectivity index (χ3n) is 4.39. The van der Waals surface area contributed by atoms with Gasteiger partial charge in [-0.15, -0.1) is 0 Å². The van der Waals surface area contributed by atoms with Crippen LogP contribution in [0.1, 0.15) is 34.6 Å². The standard InChI is InChI=1S/C13H24BNO4/c1-10(11(16)15-6-8-17-9-7-15)14-18-12(2,3)13(4,5)19-14/h10H,6-9H2,1-5H3. The predicted molar refractivity (Wildman–Crippen MR) is 72.9 cm³/mol. The fourth-order valence-electron chi connectivity index (χ4n) is 2.28. The number of rotatable bonds is 2. The van der Waals surface area contributed by atoms with Crippen molar-refractivity contribution in [3.05, 3.63) is 0 Å². The molecule has 108 valence electrons. The summed E-state index contributed by atoms with van der Waals surface area (Å²) in [4.78, 5) is 14.3. The Balaban J connectivity index is 2.00. The van der Waals surface area contributed by atoms with E-state index < -0.39 is 18.3 Å². The van der Waals surface area contributed by atoms with E-state index in [1.165, 1.54) is 0 Å². The van der Waals surface area contributed by atoms with Crippen LogP contribution in [0.2, 0.25) is 5.82 Å². The molecular formula is C13H24BNO4. The Labute approximate surface area is 115 Å². The molecule has 2 aliphatic rings. The summed E-state index contributed by atoms with van der Waals surface area (Å²) in [6, 6.07) is 0. The molecule has 0 aromatic heterocycles. The van der Waals surface area contributed by atoms with Crippen molar-refractivity contribution in [2.75, 3.05) is 26.3 Å². The average Bonchev–Trinajstić information content (AvgIpc) is 2.58. The lowest BCUT2D eigenvalue weighted by atomic mass is 9.72. The lowest BCUT2D eigenvalue weighted by molar-refractivity contribution is -0.135. The zero-order valence-corrected chi connectivity index (χ0v) is 12.6. The Morgan fingerprint density at radius 3 is 2.05 bits per heavy atom. The van der Waals surface area contributed by atoms with Gasteiger partial charge in [-0.3, -0.25) is 4.79 Å². The zero-order valence-electron chi connectivity index (χ0n) is 12.6. The van der Waals surface area contributed by atoms with E-state index in [1.807, 2.05) is 39.5 Å². The van der Waals surface area contributed by atoms with Gasteiger partial charge in [-0.25, -0.2) is 0 Å². The summed E-state index contributed by atoms with van der Waals surface area (Å²) in [5.41, 5.74) is -0.783. The van der Waals surface area contributed by atoms with Crippen molar-refractivity contribution < 1.29 is 18.8 Å². The van der Waals surface area contributed by atoms with E-state index in [9.17, 15) is 4.79 Å². The summed E-state index contributed by atoms with van der Waals surface area (Å²) in [6.45, 7) is 12.4. The molecule has 2 fully saturated rings. The van der Waals surface area contributed by atoms with Crippen LogP contribution in [-0.4, -0.2) is 55.4 Å². The summed E-state index contributed by atoms with van der Waals surface area (Å²) in [7, 11) is -0.472. The minimum absolute atomic E-state index is 0.0850. The maximum atomic E-state index is 12.4. The lowest BCUT2D eigenvalue weighted by Gasteiger charge is -2.32. The van der Waals surface area contributed by atoms with E-state index in [2.05, 4.69) is 0 Å². The molecule has 2 rings (SSSR count). The fourth-order valence-corrected chi connectivity index (χ4v) is 2.28. The van der Waals surface area contributed by atoms with Gasteiger partial charge in [0.25, 0.3) is 0 Å². The Morgan fingerprint density at radius 1 is 1.11 bits per heavy atom. The van der Waals surface area contributed by atoms with Crippen LogP contribution < -0.4 is 0 Å². The number of carbonyl (C=O) groups is 1. The van der Waals surface area contributed by atoms with E-state index >= 15 is 0 Å². The first-order valence-electron chi connectivity index (χ1n) is 6.97. The first-order valence-corrected chi connectivity index (χ1v) is 6.97. The molecule has 0 saturated carbocycles. The van der Waals surface area contributed by atoms with Crippen LogP contribution in [0.15, 0.2) is 0 Å². The van der Waals surface area contributed by atoms with Gasteiger partial charge in [-0.2, -0.15) is 0 Å². The molecule has 0 spiro atoms. The lowest BCUT2D eigenvalue weighted by Crippen LogP contribution is -2.45. The molecule has 0 aromatic carbocycles. The number of carbonyl (C=O) groups excluding carboxylic acids is 1. The van der Waals surface area contributed by atoms with Crippen LogP contribution in [0.5, 0.6) is 0 Å². The fraction of sp³-hybridized carbons (Fsp3) is 0.923. The Morgan fingerprint density at radius 2 is 1.58 bits per heavy atom. The molecule has 2 heterocycles. The van der Waals surface area contributed by atoms with Gasteiger partial charge in [-0.1, -0.05) is 6.92 Å². The SMILES string of the molecule is CC(B1OC(C)(C)C(C)(C)O1)C(=O)N1CCOCC1. The second kappa shape index (κ2) is 5.07. The first-order chi connectivity index (χ1) is 8.74. The Hall–Kier alpha value is -0.585. The van der Waals surface area contributed by atoms with Gasteiger partial charge < -0.3 is 18.9 Å². The molecule has 19 heavy (non-hydrogen) atoms. The van der Waals surface area contributed by atoms with Crippen molar-refractivity contribution >= 4 is 13.0 Å². The number of morpholine rings is 1. The molecule has 2 saturated heterocycles. The van der Waals surface area contributed by atoms with E-state index in [1.54, 1.807) is 0 Å². The smallest absolute Gasteiger partial charge is 0.403 e. The van der Waals surface area contributed by atoms with Crippen molar-refractivity contribution in [2.45, 2.75) is 51.6 Å². The molecule has 0 bridgehead atoms. The normalized spacial score (nSPS) is 27.4. The largest absolute Gasteiger partial charge is 0.470 e. The van der Waals surface area contributed by atoms with Gasteiger partial charge >= 0.3 is 7.12 Å². The molecule has 1 amide bonds. The molecule has 0 radical (unpaired) electrons. The van der Waals surface area contributed by atoms with Crippen molar-refractivity contribution in [3.8, 4) is 0 Å². The number of amides is 1. The topological polar surface area (TPSA) is 48.0 Å². The van der Waals surface area contributed by atoms with Crippen molar-refractivity contribution in [2.24, 2.45) is 0 Å². The predicted octanol–water partition coefficient (Wildman–Crippen LogP) is 1.33. The minimum Gasteiger partial charge on any atom is -0.403 e. The van der Waals surface area contributed by atoms with Gasteiger partial charge in [0.05, 0.1) is 30.2 Å². The monoisotopic (exact) mass is 269 g/mol. The molecule has 1 atom stereocenters. The quantitative estimate of drug-likeness (QED) is 0.709. The third kappa shape index (κ3) is 2.80. The summed E-state index contributed by atoms with van der Waals surface area (Å²) in [5, 5.41) is 0. The average molecular weight is 269 g/mol. The number of ether oxygens (including phenoxy) is 1. The van der Waals surface area contributed by atoms with Gasteiger partial charge in [0.1, 0.15) is 0 Å². The highest BCUT2D eigenvalue weighted by Crippen LogP contribution is 2.40. The van der Waals surface area contributed by atoms with Crippen LogP contribution in [-0.2, 0) is 18.8 Å². The second-order valence-corrected chi connectivity index (χ2v) is 6.35. The molecule has 0 aliphatic carbocycles. The van der Waals surface area contributed by atoms with Crippen molar-refractivity contribution in [3.63, 3.8) is 0 Å². The van der Waals surface area contributed by atoms with Crippen LogP contribution in [0.3, 0.4) is 0 Å². The molecule has 5 nitrogen and oxygen atoms in total. The van der Waals surface area contributed by atoms with Gasteiger partial charge in [0.15, 0.2) is 0 Å². The van der Waals surface area contributed by atoms with Crippen LogP contribution in [0.25, 0.3) is 0 Å². The Kier molecular flexibility index (Phi) is 3.96. The molecule has 0 N–H and O–H groups in total. The van der Waals surface area contributed by atoms with Gasteiger partial charge in [-0.05, 0) is 27.7 Å². The van der Waals surface area contributed by atoms with Crippen LogP contribution in [0.4, 0.5) is 0 Å². The highest BCUT2D eigenvalue weighted by atomic mass is 16.7. The second-order valence-electron chi connectivity index (χ2n) is 6.35. The first kappa shape index (κ1) is 14.8. The zero-order chi connectivity index (χ0) is 14.3. The van der Waals surface area contributed by atoms with Gasteiger partial charge in [0.2, 0.25) is 5.91 Å². The summed E-state index contributed by atoms with van der Waals surface area (Å²) >= 11 is 0. The third-order valence-corrected chi connectivity index (χ3v) is 4.39. The van der Waals surface area contributed by atoms with Crippen molar-refractivity contribution in [1.29, 1.82) is 0 Å². The number of hydrogen-bond donors (Lipinski definition) is 0. The van der Waals surface area contributed by atoms with Crippen LogP contribution >= 0.6 is 0 Å². The highest BCUT2D eigenvalue weighted by Gasteiger charge is 2.54. The number of hydrogen-bond acceptors (Lipinski definition) is 4. The van der Waals surface area contributed by atoms with E-state index in [0.717, 1.165) is 0 Å².